The van der Waals surface area contributed by atoms with Crippen LogP contribution in [0.3, 0.4) is 0 Å². The third-order valence-electron chi connectivity index (χ3n) is 3.35. The zero-order valence-corrected chi connectivity index (χ0v) is 10.7. The lowest BCUT2D eigenvalue weighted by Gasteiger charge is -2.15. The number of nitrogens with one attached hydrogen (secondary N) is 2. The second-order valence-electron chi connectivity index (χ2n) is 4.84. The van der Waals surface area contributed by atoms with E-state index in [2.05, 4.69) is 34.4 Å². The first kappa shape index (κ1) is 12.1. The number of hydrogen-bond acceptors (Lipinski definition) is 4. The maximum atomic E-state index is 4.49. The zero-order chi connectivity index (χ0) is 12.1. The van der Waals surface area contributed by atoms with Crippen LogP contribution in [-0.4, -0.2) is 22.1 Å². The number of rotatable bonds is 5. The van der Waals surface area contributed by atoms with Crippen LogP contribution < -0.4 is 10.6 Å². The molecule has 0 aliphatic heterocycles. The Morgan fingerprint density at radius 3 is 2.88 bits per heavy atom. The summed E-state index contributed by atoms with van der Waals surface area (Å²) < 4.78 is 0. The molecule has 1 fully saturated rings. The lowest BCUT2D eigenvalue weighted by molar-refractivity contribution is 0.741. The third-order valence-corrected chi connectivity index (χ3v) is 3.35. The van der Waals surface area contributed by atoms with E-state index in [0.717, 1.165) is 18.2 Å². The Labute approximate surface area is 103 Å². The van der Waals surface area contributed by atoms with Crippen LogP contribution in [-0.2, 0) is 0 Å². The molecule has 0 saturated heterocycles. The van der Waals surface area contributed by atoms with Gasteiger partial charge in [-0.2, -0.15) is 4.98 Å². The summed E-state index contributed by atoms with van der Waals surface area (Å²) in [5.41, 5.74) is 0. The van der Waals surface area contributed by atoms with Crippen molar-refractivity contribution in [3.63, 3.8) is 0 Å². The van der Waals surface area contributed by atoms with E-state index in [0.29, 0.717) is 12.1 Å². The normalized spacial score (nSPS) is 18.0. The van der Waals surface area contributed by atoms with Crippen molar-refractivity contribution in [3.8, 4) is 0 Å². The average Bonchev–Trinajstić information content (AvgIpc) is 2.82. The van der Waals surface area contributed by atoms with Gasteiger partial charge in [0.05, 0.1) is 0 Å². The van der Waals surface area contributed by atoms with Gasteiger partial charge in [-0.3, -0.25) is 0 Å². The van der Waals surface area contributed by atoms with E-state index in [-0.39, 0.29) is 0 Å². The van der Waals surface area contributed by atoms with Crippen LogP contribution in [0.1, 0.15) is 46.0 Å². The van der Waals surface area contributed by atoms with Gasteiger partial charge in [0.25, 0.3) is 0 Å². The summed E-state index contributed by atoms with van der Waals surface area (Å²) in [6.07, 6.45) is 8.08. The fraction of sp³-hybridized carbons (Fsp3) is 0.692. The smallest absolute Gasteiger partial charge is 0.224 e. The highest BCUT2D eigenvalue weighted by molar-refractivity contribution is 5.40. The van der Waals surface area contributed by atoms with E-state index in [1.165, 1.54) is 25.7 Å². The quantitative estimate of drug-likeness (QED) is 0.822. The van der Waals surface area contributed by atoms with Crippen molar-refractivity contribution in [2.75, 3.05) is 10.6 Å². The number of nitrogens with zero attached hydrogens (tertiary/aromatic N) is 2. The molecule has 17 heavy (non-hydrogen) atoms. The summed E-state index contributed by atoms with van der Waals surface area (Å²) in [6.45, 7) is 4.29. The van der Waals surface area contributed by atoms with Gasteiger partial charge in [-0.05, 0) is 32.3 Å². The Morgan fingerprint density at radius 2 is 2.18 bits per heavy atom. The molecule has 2 rings (SSSR count). The number of aromatic nitrogens is 2. The van der Waals surface area contributed by atoms with E-state index in [4.69, 9.17) is 0 Å². The molecule has 2 N–H and O–H groups in total. The minimum Gasteiger partial charge on any atom is -0.367 e. The predicted octanol–water partition coefficient (Wildman–Crippen LogP) is 3.04. The molecule has 1 aliphatic carbocycles. The average molecular weight is 234 g/mol. The molecular formula is C13H22N4. The molecule has 1 atom stereocenters. The monoisotopic (exact) mass is 234 g/mol. The molecule has 4 heteroatoms. The summed E-state index contributed by atoms with van der Waals surface area (Å²) >= 11 is 0. The van der Waals surface area contributed by atoms with Gasteiger partial charge in [0, 0.05) is 18.3 Å². The third kappa shape index (κ3) is 3.58. The van der Waals surface area contributed by atoms with Gasteiger partial charge >= 0.3 is 0 Å². The van der Waals surface area contributed by atoms with Crippen LogP contribution >= 0.6 is 0 Å². The Balaban J connectivity index is 1.95. The molecular weight excluding hydrogens is 212 g/mol. The van der Waals surface area contributed by atoms with Crippen molar-refractivity contribution < 1.29 is 0 Å². The molecule has 4 nitrogen and oxygen atoms in total. The highest BCUT2D eigenvalue weighted by atomic mass is 15.2. The number of hydrogen-bond donors (Lipinski definition) is 2. The van der Waals surface area contributed by atoms with Crippen molar-refractivity contribution in [2.24, 2.45) is 0 Å². The molecule has 0 amide bonds. The molecule has 1 heterocycles. The van der Waals surface area contributed by atoms with E-state index in [1.807, 2.05) is 12.3 Å². The van der Waals surface area contributed by atoms with Gasteiger partial charge in [-0.25, -0.2) is 4.98 Å². The molecule has 94 valence electrons. The van der Waals surface area contributed by atoms with E-state index in [1.54, 1.807) is 0 Å². The second-order valence-corrected chi connectivity index (χ2v) is 4.84. The Morgan fingerprint density at radius 1 is 1.41 bits per heavy atom. The molecule has 1 aromatic rings. The van der Waals surface area contributed by atoms with Gasteiger partial charge in [0.15, 0.2) is 0 Å². The summed E-state index contributed by atoms with van der Waals surface area (Å²) in [5, 5.41) is 6.78. The Bertz CT molecular complexity index is 347. The second kappa shape index (κ2) is 5.84. The van der Waals surface area contributed by atoms with Gasteiger partial charge in [-0.1, -0.05) is 19.8 Å². The van der Waals surface area contributed by atoms with Crippen molar-refractivity contribution in [1.29, 1.82) is 0 Å². The highest BCUT2D eigenvalue weighted by Gasteiger charge is 2.15. The molecule has 1 aliphatic rings. The van der Waals surface area contributed by atoms with Gasteiger partial charge in [-0.15, -0.1) is 0 Å². The summed E-state index contributed by atoms with van der Waals surface area (Å²) in [4.78, 5) is 8.73. The van der Waals surface area contributed by atoms with Crippen LogP contribution in [0.25, 0.3) is 0 Å². The summed E-state index contributed by atoms with van der Waals surface area (Å²) in [7, 11) is 0. The van der Waals surface area contributed by atoms with Crippen LogP contribution in [0.5, 0.6) is 0 Å². The molecule has 1 saturated carbocycles. The summed E-state index contributed by atoms with van der Waals surface area (Å²) in [5.74, 6) is 1.67. The van der Waals surface area contributed by atoms with Gasteiger partial charge in [0.1, 0.15) is 5.82 Å². The molecule has 1 aromatic heterocycles. The van der Waals surface area contributed by atoms with Crippen molar-refractivity contribution in [3.05, 3.63) is 12.3 Å². The minimum atomic E-state index is 0.414. The van der Waals surface area contributed by atoms with Gasteiger partial charge in [0.2, 0.25) is 5.95 Å². The maximum absolute atomic E-state index is 4.49. The predicted molar refractivity (Wildman–Crippen MR) is 71.3 cm³/mol. The van der Waals surface area contributed by atoms with E-state index >= 15 is 0 Å². The lowest BCUT2D eigenvalue weighted by atomic mass is 10.2. The van der Waals surface area contributed by atoms with Crippen LogP contribution in [0.15, 0.2) is 12.3 Å². The fourth-order valence-corrected chi connectivity index (χ4v) is 2.11. The Hall–Kier alpha value is -1.32. The van der Waals surface area contributed by atoms with Crippen LogP contribution in [0.2, 0.25) is 0 Å². The molecule has 0 bridgehead atoms. The first-order valence-electron chi connectivity index (χ1n) is 6.64. The van der Waals surface area contributed by atoms with Gasteiger partial charge < -0.3 is 10.6 Å². The molecule has 0 radical (unpaired) electrons. The molecule has 1 unspecified atom stereocenters. The zero-order valence-electron chi connectivity index (χ0n) is 10.7. The topological polar surface area (TPSA) is 49.8 Å². The lowest BCUT2D eigenvalue weighted by Crippen LogP contribution is -2.18. The first-order chi connectivity index (χ1) is 8.28. The minimum absolute atomic E-state index is 0.414. The SMILES string of the molecule is CCC(C)Nc1nccc(NC2CCCC2)n1. The number of anilines is 2. The fourth-order valence-electron chi connectivity index (χ4n) is 2.11. The molecule has 0 spiro atoms. The van der Waals surface area contributed by atoms with E-state index < -0.39 is 0 Å². The standard InChI is InChI=1S/C13H22N4/c1-3-10(2)15-13-14-9-8-12(17-13)16-11-6-4-5-7-11/h8-11H,3-7H2,1-2H3,(H2,14,15,16,17). The molecule has 0 aromatic carbocycles. The Kier molecular flexibility index (Phi) is 4.18. The van der Waals surface area contributed by atoms with E-state index in [9.17, 15) is 0 Å². The summed E-state index contributed by atoms with van der Waals surface area (Å²) in [6, 6.07) is 2.96. The highest BCUT2D eigenvalue weighted by Crippen LogP contribution is 2.21. The van der Waals surface area contributed by atoms with Crippen molar-refractivity contribution in [2.45, 2.75) is 58.0 Å². The van der Waals surface area contributed by atoms with Crippen molar-refractivity contribution in [1.82, 2.24) is 9.97 Å². The maximum Gasteiger partial charge on any atom is 0.224 e. The largest absolute Gasteiger partial charge is 0.367 e. The van der Waals surface area contributed by atoms with Crippen LogP contribution in [0.4, 0.5) is 11.8 Å². The van der Waals surface area contributed by atoms with Crippen LogP contribution in [0, 0.1) is 0 Å². The first-order valence-corrected chi connectivity index (χ1v) is 6.64. The van der Waals surface area contributed by atoms with Crippen molar-refractivity contribution >= 4 is 11.8 Å².